The van der Waals surface area contributed by atoms with Gasteiger partial charge in [0.05, 0.1) is 5.02 Å². The average molecular weight is 263 g/mol. The summed E-state index contributed by atoms with van der Waals surface area (Å²) >= 11 is 5.68. The minimum atomic E-state index is -0.404. The summed E-state index contributed by atoms with van der Waals surface area (Å²) in [5, 5.41) is 3.45. The molecule has 0 bridgehead atoms. The minimum absolute atomic E-state index is 0.200. The van der Waals surface area contributed by atoms with Crippen LogP contribution in [0.2, 0.25) is 5.02 Å². The lowest BCUT2D eigenvalue weighted by molar-refractivity contribution is 0.618. The number of aromatic nitrogens is 1. The van der Waals surface area contributed by atoms with Gasteiger partial charge >= 0.3 is 0 Å². The molecule has 0 radical (unpaired) electrons. The normalized spacial score (nSPS) is 14.6. The van der Waals surface area contributed by atoms with Crippen LogP contribution in [0.25, 0.3) is 0 Å². The number of hydrogen-bond acceptors (Lipinski definition) is 2. The Bertz CT molecular complexity index is 561. The van der Waals surface area contributed by atoms with Crippen LogP contribution < -0.4 is 5.32 Å². The van der Waals surface area contributed by atoms with Crippen LogP contribution in [0.4, 0.5) is 10.2 Å². The number of fused-ring (bicyclic) bond motifs is 1. The fraction of sp³-hybridized carbons (Fsp3) is 0.214. The van der Waals surface area contributed by atoms with Crippen molar-refractivity contribution < 1.29 is 4.39 Å². The number of hydrogen-bond donors (Lipinski definition) is 1. The second kappa shape index (κ2) is 4.58. The summed E-state index contributed by atoms with van der Waals surface area (Å²) < 4.78 is 13.6. The summed E-state index contributed by atoms with van der Waals surface area (Å²) in [5.41, 5.74) is 2.65. The molecule has 3 rings (SSSR count). The van der Waals surface area contributed by atoms with Gasteiger partial charge in [-0.05, 0) is 30.0 Å². The highest BCUT2D eigenvalue weighted by molar-refractivity contribution is 6.30. The maximum absolute atomic E-state index is 13.6. The van der Waals surface area contributed by atoms with E-state index < -0.39 is 5.82 Å². The molecule has 92 valence electrons. The van der Waals surface area contributed by atoms with Crippen LogP contribution in [0, 0.1) is 5.82 Å². The van der Waals surface area contributed by atoms with E-state index in [1.807, 2.05) is 12.1 Å². The van der Waals surface area contributed by atoms with Crippen LogP contribution in [-0.4, -0.2) is 11.0 Å². The van der Waals surface area contributed by atoms with Gasteiger partial charge in [0, 0.05) is 12.2 Å². The number of nitrogens with zero attached hydrogens (tertiary/aromatic N) is 1. The molecule has 2 nitrogen and oxygen atoms in total. The first-order valence-corrected chi connectivity index (χ1v) is 6.24. The minimum Gasteiger partial charge on any atom is -0.364 e. The molecule has 0 saturated carbocycles. The van der Waals surface area contributed by atoms with Crippen LogP contribution in [0.3, 0.4) is 0 Å². The molecular formula is C14H12ClFN2. The number of pyridine rings is 1. The van der Waals surface area contributed by atoms with Crippen molar-refractivity contribution in [2.75, 3.05) is 5.32 Å². The number of benzene rings is 1. The van der Waals surface area contributed by atoms with Crippen molar-refractivity contribution in [1.29, 1.82) is 0 Å². The molecule has 1 aliphatic rings. The molecule has 0 aliphatic heterocycles. The summed E-state index contributed by atoms with van der Waals surface area (Å²) in [6.07, 6.45) is 3.26. The summed E-state index contributed by atoms with van der Waals surface area (Å²) in [6.45, 7) is 0. The summed E-state index contributed by atoms with van der Waals surface area (Å²) in [5.74, 6) is -0.129. The molecule has 0 fully saturated rings. The van der Waals surface area contributed by atoms with Gasteiger partial charge in [-0.25, -0.2) is 9.37 Å². The SMILES string of the molecule is Fc1cc(Cl)cnc1NC1Cc2ccccc2C1. The van der Waals surface area contributed by atoms with E-state index in [1.165, 1.54) is 23.4 Å². The van der Waals surface area contributed by atoms with Crippen LogP contribution in [-0.2, 0) is 12.8 Å². The van der Waals surface area contributed by atoms with Gasteiger partial charge in [0.25, 0.3) is 0 Å². The van der Waals surface area contributed by atoms with E-state index in [-0.39, 0.29) is 11.9 Å². The van der Waals surface area contributed by atoms with Gasteiger partial charge in [0.2, 0.25) is 0 Å². The largest absolute Gasteiger partial charge is 0.364 e. The quantitative estimate of drug-likeness (QED) is 0.897. The van der Waals surface area contributed by atoms with E-state index >= 15 is 0 Å². The molecule has 0 amide bonds. The van der Waals surface area contributed by atoms with E-state index in [2.05, 4.69) is 22.4 Å². The third kappa shape index (κ3) is 2.18. The highest BCUT2D eigenvalue weighted by Crippen LogP contribution is 2.25. The number of rotatable bonds is 2. The van der Waals surface area contributed by atoms with Gasteiger partial charge in [0.15, 0.2) is 11.6 Å². The lowest BCUT2D eigenvalue weighted by Crippen LogP contribution is -2.21. The molecule has 1 heterocycles. The van der Waals surface area contributed by atoms with Crippen LogP contribution >= 0.6 is 11.6 Å². The van der Waals surface area contributed by atoms with Crippen LogP contribution in [0.5, 0.6) is 0 Å². The van der Waals surface area contributed by atoms with Crippen molar-refractivity contribution in [3.8, 4) is 0 Å². The fourth-order valence-corrected chi connectivity index (χ4v) is 2.52. The van der Waals surface area contributed by atoms with Crippen molar-refractivity contribution in [3.63, 3.8) is 0 Å². The van der Waals surface area contributed by atoms with E-state index in [0.717, 1.165) is 12.8 Å². The lowest BCUT2D eigenvalue weighted by atomic mass is 10.1. The highest BCUT2D eigenvalue weighted by atomic mass is 35.5. The summed E-state index contributed by atoms with van der Waals surface area (Å²) in [6, 6.07) is 9.76. The Hall–Kier alpha value is -1.61. The van der Waals surface area contributed by atoms with Crippen molar-refractivity contribution in [2.45, 2.75) is 18.9 Å². The van der Waals surface area contributed by atoms with Crippen molar-refractivity contribution in [2.24, 2.45) is 0 Å². The molecule has 0 saturated heterocycles. The van der Waals surface area contributed by atoms with Crippen molar-refractivity contribution in [1.82, 2.24) is 4.98 Å². The first-order valence-electron chi connectivity index (χ1n) is 5.87. The Labute approximate surface area is 110 Å². The molecule has 18 heavy (non-hydrogen) atoms. The molecule has 1 aromatic carbocycles. The van der Waals surface area contributed by atoms with Crippen LogP contribution in [0.1, 0.15) is 11.1 Å². The maximum atomic E-state index is 13.6. The molecule has 1 aliphatic carbocycles. The monoisotopic (exact) mass is 262 g/mol. The highest BCUT2D eigenvalue weighted by Gasteiger charge is 2.21. The van der Waals surface area contributed by atoms with Gasteiger partial charge in [-0.1, -0.05) is 35.9 Å². The predicted octanol–water partition coefficient (Wildman–Crippen LogP) is 3.45. The van der Waals surface area contributed by atoms with E-state index in [1.54, 1.807) is 0 Å². The second-order valence-corrected chi connectivity index (χ2v) is 4.94. The zero-order valence-electron chi connectivity index (χ0n) is 9.66. The first-order chi connectivity index (χ1) is 8.72. The topological polar surface area (TPSA) is 24.9 Å². The third-order valence-electron chi connectivity index (χ3n) is 3.20. The molecular weight excluding hydrogens is 251 g/mol. The molecule has 0 spiro atoms. The Morgan fingerprint density at radius 1 is 1.22 bits per heavy atom. The number of nitrogens with one attached hydrogen (secondary N) is 1. The zero-order chi connectivity index (χ0) is 12.5. The lowest BCUT2D eigenvalue weighted by Gasteiger charge is -2.13. The van der Waals surface area contributed by atoms with Gasteiger partial charge in [-0.15, -0.1) is 0 Å². The molecule has 1 aromatic heterocycles. The molecule has 4 heteroatoms. The smallest absolute Gasteiger partial charge is 0.166 e. The molecule has 0 unspecified atom stereocenters. The van der Waals surface area contributed by atoms with E-state index in [0.29, 0.717) is 5.02 Å². The van der Waals surface area contributed by atoms with Crippen molar-refractivity contribution in [3.05, 3.63) is 58.5 Å². The summed E-state index contributed by atoms with van der Waals surface area (Å²) in [7, 11) is 0. The van der Waals surface area contributed by atoms with Gasteiger partial charge < -0.3 is 5.32 Å². The summed E-state index contributed by atoms with van der Waals surface area (Å²) in [4.78, 5) is 3.99. The van der Waals surface area contributed by atoms with E-state index in [4.69, 9.17) is 11.6 Å². The molecule has 0 atom stereocenters. The van der Waals surface area contributed by atoms with Crippen molar-refractivity contribution >= 4 is 17.4 Å². The van der Waals surface area contributed by atoms with Crippen LogP contribution in [0.15, 0.2) is 36.5 Å². The van der Waals surface area contributed by atoms with E-state index in [9.17, 15) is 4.39 Å². The Morgan fingerprint density at radius 3 is 2.50 bits per heavy atom. The zero-order valence-corrected chi connectivity index (χ0v) is 10.4. The Morgan fingerprint density at radius 2 is 1.89 bits per heavy atom. The number of halogens is 2. The van der Waals surface area contributed by atoms with Gasteiger partial charge in [0.1, 0.15) is 0 Å². The standard InChI is InChI=1S/C14H12ClFN2/c15-11-7-13(16)14(17-8-11)18-12-5-9-3-1-2-4-10(9)6-12/h1-4,7-8,12H,5-6H2,(H,17,18). The maximum Gasteiger partial charge on any atom is 0.166 e. The first kappa shape index (κ1) is 11.5. The Balaban J connectivity index is 1.76. The number of anilines is 1. The van der Waals surface area contributed by atoms with Gasteiger partial charge in [-0.2, -0.15) is 0 Å². The van der Waals surface area contributed by atoms with Gasteiger partial charge in [-0.3, -0.25) is 0 Å². The fourth-order valence-electron chi connectivity index (χ4n) is 2.38. The second-order valence-electron chi connectivity index (χ2n) is 4.50. The Kier molecular flexibility index (Phi) is 2.92. The molecule has 1 N–H and O–H groups in total. The molecule has 2 aromatic rings. The predicted molar refractivity (Wildman–Crippen MR) is 70.5 cm³/mol. The average Bonchev–Trinajstić information content (AvgIpc) is 2.75. The third-order valence-corrected chi connectivity index (χ3v) is 3.41.